The van der Waals surface area contributed by atoms with Crippen molar-refractivity contribution in [3.05, 3.63) is 64.7 Å². The molecule has 0 aromatic heterocycles. The van der Waals surface area contributed by atoms with Gasteiger partial charge in [-0.2, -0.15) is 0 Å². The Balaban J connectivity index is 2.15. The van der Waals surface area contributed by atoms with Gasteiger partial charge in [-0.1, -0.05) is 48.4 Å². The molecule has 0 unspecified atom stereocenters. The fourth-order valence-electron chi connectivity index (χ4n) is 3.55. The summed E-state index contributed by atoms with van der Waals surface area (Å²) in [4.78, 5) is 27.7. The zero-order chi connectivity index (χ0) is 26.2. The smallest absolute Gasteiger partial charge is 0.242 e. The lowest BCUT2D eigenvalue weighted by Crippen LogP contribution is -2.49. The highest BCUT2D eigenvalue weighted by Gasteiger charge is 2.27. The maximum Gasteiger partial charge on any atom is 0.242 e. The second kappa shape index (κ2) is 12.9. The lowest BCUT2D eigenvalue weighted by molar-refractivity contribution is -0.140. The predicted octanol–water partition coefficient (Wildman–Crippen LogP) is 4.53. The molecule has 192 valence electrons. The SMILES string of the molecule is CC[C@H](C)NC(=O)[C@@H](C)N(Cc1ccc(C)cc1)C(=O)CCCN(c1ccc(Cl)cc1)S(C)(=O)=O. The molecule has 0 fully saturated rings. The molecule has 0 aliphatic carbocycles. The third kappa shape index (κ3) is 8.85. The molecule has 0 aliphatic heterocycles. The van der Waals surface area contributed by atoms with Gasteiger partial charge in [-0.05, 0) is 63.4 Å². The number of aryl methyl sites for hydroxylation is 1. The molecule has 1 N–H and O–H groups in total. The van der Waals surface area contributed by atoms with Gasteiger partial charge in [0.2, 0.25) is 21.8 Å². The van der Waals surface area contributed by atoms with Crippen molar-refractivity contribution in [2.75, 3.05) is 17.1 Å². The van der Waals surface area contributed by atoms with Gasteiger partial charge in [0.15, 0.2) is 0 Å². The van der Waals surface area contributed by atoms with E-state index in [-0.39, 0.29) is 30.8 Å². The summed E-state index contributed by atoms with van der Waals surface area (Å²) < 4.78 is 26.0. The minimum atomic E-state index is -3.55. The van der Waals surface area contributed by atoms with Crippen LogP contribution in [-0.4, -0.2) is 50.0 Å². The molecule has 2 aromatic carbocycles. The van der Waals surface area contributed by atoms with Crippen molar-refractivity contribution in [1.82, 2.24) is 10.2 Å². The number of nitrogens with zero attached hydrogens (tertiary/aromatic N) is 2. The van der Waals surface area contributed by atoms with E-state index in [9.17, 15) is 18.0 Å². The number of nitrogens with one attached hydrogen (secondary N) is 1. The molecule has 0 bridgehead atoms. The molecule has 0 radical (unpaired) electrons. The normalized spacial score (nSPS) is 13.1. The summed E-state index contributed by atoms with van der Waals surface area (Å²) in [5.74, 6) is -0.416. The summed E-state index contributed by atoms with van der Waals surface area (Å²) in [7, 11) is -3.55. The van der Waals surface area contributed by atoms with E-state index in [1.165, 1.54) is 4.31 Å². The Hall–Kier alpha value is -2.58. The van der Waals surface area contributed by atoms with Crippen molar-refractivity contribution in [3.63, 3.8) is 0 Å². The standard InChI is InChI=1S/C26H36ClN3O4S/c1-6-20(3)28-26(32)21(4)29(18-22-11-9-19(2)10-12-22)25(31)8-7-17-30(35(5,33)34)24-15-13-23(27)14-16-24/h9-16,20-21H,6-8,17-18H2,1-5H3,(H,28,32)/t20-,21+/m0/s1. The van der Waals surface area contributed by atoms with Crippen LogP contribution in [0.2, 0.25) is 5.02 Å². The van der Waals surface area contributed by atoms with Crippen LogP contribution in [0, 0.1) is 6.92 Å². The summed E-state index contributed by atoms with van der Waals surface area (Å²) >= 11 is 5.93. The van der Waals surface area contributed by atoms with Gasteiger partial charge in [-0.25, -0.2) is 8.42 Å². The first kappa shape index (κ1) is 28.7. The largest absolute Gasteiger partial charge is 0.352 e. The topological polar surface area (TPSA) is 86.8 Å². The van der Waals surface area contributed by atoms with Crippen LogP contribution in [0.15, 0.2) is 48.5 Å². The molecule has 0 saturated heterocycles. The average Bonchev–Trinajstić information content (AvgIpc) is 2.80. The van der Waals surface area contributed by atoms with Gasteiger partial charge in [0.05, 0.1) is 11.9 Å². The summed E-state index contributed by atoms with van der Waals surface area (Å²) in [5, 5.41) is 3.46. The van der Waals surface area contributed by atoms with Crippen LogP contribution in [0.3, 0.4) is 0 Å². The molecular weight excluding hydrogens is 486 g/mol. The molecule has 2 atom stereocenters. The van der Waals surface area contributed by atoms with E-state index in [2.05, 4.69) is 5.32 Å². The molecule has 0 spiro atoms. The summed E-state index contributed by atoms with van der Waals surface area (Å²) in [6, 6.07) is 13.7. The predicted molar refractivity (Wildman–Crippen MR) is 142 cm³/mol. The Labute approximate surface area is 214 Å². The lowest BCUT2D eigenvalue weighted by Gasteiger charge is -2.30. The number of sulfonamides is 1. The molecule has 2 rings (SSSR count). The number of rotatable bonds is 12. The van der Waals surface area contributed by atoms with Crippen molar-refractivity contribution < 1.29 is 18.0 Å². The number of benzene rings is 2. The second-order valence-corrected chi connectivity index (χ2v) is 11.3. The van der Waals surface area contributed by atoms with Crippen LogP contribution in [0.5, 0.6) is 0 Å². The van der Waals surface area contributed by atoms with Gasteiger partial charge in [-0.3, -0.25) is 13.9 Å². The van der Waals surface area contributed by atoms with Crippen LogP contribution in [0.1, 0.15) is 51.2 Å². The highest BCUT2D eigenvalue weighted by molar-refractivity contribution is 7.92. The van der Waals surface area contributed by atoms with E-state index in [1.54, 1.807) is 36.1 Å². The Kier molecular flexibility index (Phi) is 10.6. The highest BCUT2D eigenvalue weighted by Crippen LogP contribution is 2.21. The van der Waals surface area contributed by atoms with Crippen LogP contribution < -0.4 is 9.62 Å². The van der Waals surface area contributed by atoms with E-state index in [4.69, 9.17) is 11.6 Å². The van der Waals surface area contributed by atoms with Crippen molar-refractivity contribution in [3.8, 4) is 0 Å². The van der Waals surface area contributed by atoms with Gasteiger partial charge in [0, 0.05) is 30.6 Å². The Bertz CT molecular complexity index is 1090. The van der Waals surface area contributed by atoms with Crippen molar-refractivity contribution >= 4 is 39.1 Å². The minimum Gasteiger partial charge on any atom is -0.352 e. The monoisotopic (exact) mass is 521 g/mol. The fraction of sp³-hybridized carbons (Fsp3) is 0.462. The van der Waals surface area contributed by atoms with Crippen LogP contribution in [-0.2, 0) is 26.2 Å². The van der Waals surface area contributed by atoms with Gasteiger partial charge >= 0.3 is 0 Å². The number of carbonyl (C=O) groups is 2. The second-order valence-electron chi connectivity index (χ2n) is 8.92. The van der Waals surface area contributed by atoms with Gasteiger partial charge in [0.1, 0.15) is 6.04 Å². The van der Waals surface area contributed by atoms with E-state index in [0.29, 0.717) is 23.7 Å². The van der Waals surface area contributed by atoms with E-state index < -0.39 is 16.1 Å². The molecule has 0 heterocycles. The van der Waals surface area contributed by atoms with Crippen molar-refractivity contribution in [1.29, 1.82) is 0 Å². The summed E-state index contributed by atoms with van der Waals surface area (Å²) in [6.07, 6.45) is 2.33. The minimum absolute atomic E-state index is 0.00368. The molecule has 0 saturated carbocycles. The summed E-state index contributed by atoms with van der Waals surface area (Å²) in [5.41, 5.74) is 2.52. The van der Waals surface area contributed by atoms with E-state index in [0.717, 1.165) is 23.8 Å². The van der Waals surface area contributed by atoms with Crippen LogP contribution in [0.4, 0.5) is 5.69 Å². The van der Waals surface area contributed by atoms with Crippen molar-refractivity contribution in [2.24, 2.45) is 0 Å². The van der Waals surface area contributed by atoms with Crippen LogP contribution >= 0.6 is 11.6 Å². The first-order chi connectivity index (χ1) is 16.4. The zero-order valence-corrected chi connectivity index (χ0v) is 22.7. The quantitative estimate of drug-likeness (QED) is 0.444. The molecule has 2 amide bonds. The van der Waals surface area contributed by atoms with Crippen molar-refractivity contribution in [2.45, 2.75) is 65.6 Å². The third-order valence-electron chi connectivity index (χ3n) is 5.91. The number of carbonyl (C=O) groups excluding carboxylic acids is 2. The third-order valence-corrected chi connectivity index (χ3v) is 7.35. The summed E-state index contributed by atoms with van der Waals surface area (Å²) in [6.45, 7) is 8.05. The van der Waals surface area contributed by atoms with Gasteiger partial charge < -0.3 is 10.2 Å². The molecule has 7 nitrogen and oxygen atoms in total. The Morgan fingerprint density at radius 1 is 1.03 bits per heavy atom. The van der Waals surface area contributed by atoms with Crippen LogP contribution in [0.25, 0.3) is 0 Å². The Morgan fingerprint density at radius 2 is 1.63 bits per heavy atom. The molecule has 0 aliphatic rings. The lowest BCUT2D eigenvalue weighted by atomic mass is 10.1. The first-order valence-corrected chi connectivity index (χ1v) is 14.0. The number of hydrogen-bond donors (Lipinski definition) is 1. The fourth-order valence-corrected chi connectivity index (χ4v) is 4.64. The maximum atomic E-state index is 13.3. The van der Waals surface area contributed by atoms with Gasteiger partial charge in [-0.15, -0.1) is 0 Å². The highest BCUT2D eigenvalue weighted by atomic mass is 35.5. The molecule has 35 heavy (non-hydrogen) atoms. The maximum absolute atomic E-state index is 13.3. The van der Waals surface area contributed by atoms with E-state index in [1.807, 2.05) is 45.0 Å². The average molecular weight is 522 g/mol. The number of amides is 2. The number of anilines is 1. The van der Waals surface area contributed by atoms with E-state index >= 15 is 0 Å². The molecule has 9 heteroatoms. The number of hydrogen-bond acceptors (Lipinski definition) is 4. The molecule has 2 aromatic rings. The van der Waals surface area contributed by atoms with Gasteiger partial charge in [0.25, 0.3) is 0 Å². The number of halogens is 1. The first-order valence-electron chi connectivity index (χ1n) is 11.8. The molecular formula is C26H36ClN3O4S. The Morgan fingerprint density at radius 3 is 2.17 bits per heavy atom. The zero-order valence-electron chi connectivity index (χ0n) is 21.1.